The van der Waals surface area contributed by atoms with Crippen LogP contribution < -0.4 is 5.73 Å². The summed E-state index contributed by atoms with van der Waals surface area (Å²) >= 11 is 0. The van der Waals surface area contributed by atoms with E-state index >= 15 is 0 Å². The van der Waals surface area contributed by atoms with Gasteiger partial charge in [0.05, 0.1) is 0 Å². The van der Waals surface area contributed by atoms with Crippen LogP contribution in [0.3, 0.4) is 0 Å². The molecule has 19 heavy (non-hydrogen) atoms. The van der Waals surface area contributed by atoms with E-state index in [4.69, 9.17) is 5.73 Å². The Morgan fingerprint density at radius 2 is 2.00 bits per heavy atom. The fraction of sp³-hybridized carbons (Fsp3) is 0.647. The van der Waals surface area contributed by atoms with Crippen molar-refractivity contribution in [2.24, 2.45) is 0 Å². The van der Waals surface area contributed by atoms with Crippen molar-refractivity contribution in [1.82, 2.24) is 4.90 Å². The number of nitrogens with zero attached hydrogens (tertiary/aromatic N) is 1. The second-order valence-corrected chi connectivity index (χ2v) is 5.60. The molecule has 0 amide bonds. The smallest absolute Gasteiger partial charge is 0.0346 e. The van der Waals surface area contributed by atoms with Gasteiger partial charge >= 0.3 is 0 Å². The molecule has 2 N–H and O–H groups in total. The van der Waals surface area contributed by atoms with Crippen LogP contribution in [0, 0.1) is 13.8 Å². The lowest BCUT2D eigenvalue weighted by Crippen LogP contribution is -2.29. The lowest BCUT2D eigenvalue weighted by atomic mass is 10.1. The van der Waals surface area contributed by atoms with E-state index in [-0.39, 0.29) is 0 Å². The Morgan fingerprint density at radius 1 is 1.26 bits per heavy atom. The van der Waals surface area contributed by atoms with Gasteiger partial charge in [-0.3, -0.25) is 0 Å². The van der Waals surface area contributed by atoms with E-state index in [1.807, 2.05) is 26.0 Å². The maximum Gasteiger partial charge on any atom is 0.0346 e. The number of rotatable bonds is 3. The van der Waals surface area contributed by atoms with Crippen LogP contribution in [0.25, 0.3) is 0 Å². The van der Waals surface area contributed by atoms with Crippen molar-refractivity contribution >= 4 is 5.69 Å². The molecule has 0 aromatic heterocycles. The molecule has 1 saturated heterocycles. The fourth-order valence-electron chi connectivity index (χ4n) is 2.70. The molecule has 0 radical (unpaired) electrons. The Labute approximate surface area is 119 Å². The summed E-state index contributed by atoms with van der Waals surface area (Å²) in [5.74, 6) is 0. The van der Waals surface area contributed by atoms with Crippen LogP contribution in [-0.2, 0) is 0 Å². The highest BCUT2D eigenvalue weighted by Gasteiger charge is 2.20. The monoisotopic (exact) mass is 262 g/mol. The van der Waals surface area contributed by atoms with E-state index in [1.54, 1.807) is 0 Å². The number of benzene rings is 1. The summed E-state index contributed by atoms with van der Waals surface area (Å²) in [7, 11) is 0. The average Bonchev–Trinajstić information content (AvgIpc) is 2.83. The molecule has 1 aliphatic heterocycles. The molecular weight excluding hydrogens is 232 g/mol. The lowest BCUT2D eigenvalue weighted by molar-refractivity contribution is 0.249. The van der Waals surface area contributed by atoms with Gasteiger partial charge in [-0.15, -0.1) is 0 Å². The summed E-state index contributed by atoms with van der Waals surface area (Å²) < 4.78 is 0. The number of nitrogens with two attached hydrogens (primary N) is 1. The summed E-state index contributed by atoms with van der Waals surface area (Å²) in [5.41, 5.74) is 8.88. The van der Waals surface area contributed by atoms with Gasteiger partial charge in [-0.25, -0.2) is 0 Å². The SMILES string of the molecule is CCCN1CCCC1CC.Cc1ccc(C)c(N)c1. The number of anilines is 1. The number of likely N-dealkylation sites (tertiary alicyclic amines) is 1. The first-order chi connectivity index (χ1) is 9.08. The fourth-order valence-corrected chi connectivity index (χ4v) is 2.70. The molecule has 0 bridgehead atoms. The van der Waals surface area contributed by atoms with E-state index < -0.39 is 0 Å². The predicted octanol–water partition coefficient (Wildman–Crippen LogP) is 4.16. The van der Waals surface area contributed by atoms with E-state index in [1.165, 1.54) is 44.3 Å². The van der Waals surface area contributed by atoms with Crippen LogP contribution in [0.4, 0.5) is 5.69 Å². The molecule has 1 fully saturated rings. The average molecular weight is 262 g/mol. The van der Waals surface area contributed by atoms with Crippen LogP contribution in [0.2, 0.25) is 0 Å². The first-order valence-corrected chi connectivity index (χ1v) is 7.65. The van der Waals surface area contributed by atoms with Gasteiger partial charge in [0, 0.05) is 11.7 Å². The lowest BCUT2D eigenvalue weighted by Gasteiger charge is -2.21. The molecule has 2 rings (SSSR count). The molecule has 1 aromatic carbocycles. The Balaban J connectivity index is 0.000000191. The summed E-state index contributed by atoms with van der Waals surface area (Å²) in [5, 5.41) is 0. The highest BCUT2D eigenvalue weighted by atomic mass is 15.2. The molecule has 1 atom stereocenters. The van der Waals surface area contributed by atoms with E-state index in [2.05, 4.69) is 24.8 Å². The van der Waals surface area contributed by atoms with Gasteiger partial charge in [-0.05, 0) is 69.8 Å². The zero-order chi connectivity index (χ0) is 14.3. The first kappa shape index (κ1) is 16.0. The van der Waals surface area contributed by atoms with E-state index in [9.17, 15) is 0 Å². The molecule has 1 unspecified atom stereocenters. The van der Waals surface area contributed by atoms with E-state index in [0.29, 0.717) is 0 Å². The van der Waals surface area contributed by atoms with Crippen LogP contribution in [0.5, 0.6) is 0 Å². The summed E-state index contributed by atoms with van der Waals surface area (Å²) in [6.07, 6.45) is 5.53. The quantitative estimate of drug-likeness (QED) is 0.829. The van der Waals surface area contributed by atoms with Crippen molar-refractivity contribution < 1.29 is 0 Å². The van der Waals surface area contributed by atoms with Crippen molar-refractivity contribution in [2.45, 2.75) is 59.4 Å². The Kier molecular flexibility index (Phi) is 6.93. The van der Waals surface area contributed by atoms with Crippen LogP contribution in [-0.4, -0.2) is 24.0 Å². The van der Waals surface area contributed by atoms with E-state index in [0.717, 1.165) is 17.3 Å². The highest BCUT2D eigenvalue weighted by molar-refractivity contribution is 5.47. The second-order valence-electron chi connectivity index (χ2n) is 5.60. The second kappa shape index (κ2) is 8.21. The molecule has 1 aliphatic rings. The molecule has 2 heteroatoms. The minimum absolute atomic E-state index is 0.884. The Morgan fingerprint density at radius 3 is 2.53 bits per heavy atom. The maximum atomic E-state index is 5.62. The maximum absolute atomic E-state index is 5.62. The zero-order valence-corrected chi connectivity index (χ0v) is 13.1. The minimum Gasteiger partial charge on any atom is -0.399 e. The predicted molar refractivity (Wildman–Crippen MR) is 85.5 cm³/mol. The van der Waals surface area contributed by atoms with Gasteiger partial charge < -0.3 is 10.6 Å². The molecule has 1 aromatic rings. The Hall–Kier alpha value is -1.02. The van der Waals surface area contributed by atoms with Crippen molar-refractivity contribution in [1.29, 1.82) is 0 Å². The molecule has 0 aliphatic carbocycles. The van der Waals surface area contributed by atoms with Gasteiger partial charge in [-0.1, -0.05) is 26.0 Å². The summed E-state index contributed by atoms with van der Waals surface area (Å²) in [6, 6.07) is 6.99. The normalized spacial score (nSPS) is 19.1. The van der Waals surface area contributed by atoms with Crippen molar-refractivity contribution in [3.8, 4) is 0 Å². The van der Waals surface area contributed by atoms with Gasteiger partial charge in [0.25, 0.3) is 0 Å². The molecule has 1 heterocycles. The number of nitrogen functional groups attached to an aromatic ring is 1. The molecular formula is C17H30N2. The van der Waals surface area contributed by atoms with Gasteiger partial charge in [0.2, 0.25) is 0 Å². The third-order valence-corrected chi connectivity index (χ3v) is 3.92. The van der Waals surface area contributed by atoms with Gasteiger partial charge in [-0.2, -0.15) is 0 Å². The van der Waals surface area contributed by atoms with Crippen LogP contribution >= 0.6 is 0 Å². The number of hydrogen-bond acceptors (Lipinski definition) is 2. The largest absolute Gasteiger partial charge is 0.399 e. The third kappa shape index (κ3) is 5.23. The minimum atomic E-state index is 0.884. The topological polar surface area (TPSA) is 29.3 Å². The highest BCUT2D eigenvalue weighted by Crippen LogP contribution is 2.19. The van der Waals surface area contributed by atoms with Crippen molar-refractivity contribution in [3.63, 3.8) is 0 Å². The molecule has 108 valence electrons. The summed E-state index contributed by atoms with van der Waals surface area (Å²) in [4.78, 5) is 2.64. The molecule has 0 spiro atoms. The van der Waals surface area contributed by atoms with Gasteiger partial charge in [0.15, 0.2) is 0 Å². The van der Waals surface area contributed by atoms with Crippen molar-refractivity contribution in [2.75, 3.05) is 18.8 Å². The molecule has 0 saturated carbocycles. The van der Waals surface area contributed by atoms with Crippen LogP contribution in [0.15, 0.2) is 18.2 Å². The summed E-state index contributed by atoms with van der Waals surface area (Å²) in [6.45, 7) is 11.3. The van der Waals surface area contributed by atoms with Crippen LogP contribution in [0.1, 0.15) is 50.7 Å². The first-order valence-electron chi connectivity index (χ1n) is 7.65. The third-order valence-electron chi connectivity index (χ3n) is 3.92. The molecule has 2 nitrogen and oxygen atoms in total. The Bertz CT molecular complexity index is 374. The van der Waals surface area contributed by atoms with Crippen molar-refractivity contribution in [3.05, 3.63) is 29.3 Å². The number of hydrogen-bond donors (Lipinski definition) is 1. The zero-order valence-electron chi connectivity index (χ0n) is 13.1. The number of aryl methyl sites for hydroxylation is 2. The standard InChI is InChI=1S/C9H19N.C8H11N/c1-3-7-10-8-5-6-9(10)4-2;1-6-3-4-7(2)8(9)5-6/h9H,3-8H2,1-2H3;3-5H,9H2,1-2H3. The van der Waals surface area contributed by atoms with Gasteiger partial charge in [0.1, 0.15) is 0 Å².